The molecule has 0 spiro atoms. The van der Waals surface area contributed by atoms with Gasteiger partial charge in [0.2, 0.25) is 11.8 Å². The number of ether oxygens (including phenoxy) is 1. The minimum absolute atomic E-state index is 0.0862. The van der Waals surface area contributed by atoms with Crippen LogP contribution < -0.4 is 20.3 Å². The molecular formula is C22H29N3O3. The van der Waals surface area contributed by atoms with Crippen LogP contribution in [-0.4, -0.2) is 39.1 Å². The number of nitrogens with one attached hydrogen (secondary N) is 2. The second kappa shape index (κ2) is 11.0. The zero-order valence-corrected chi connectivity index (χ0v) is 16.8. The molecule has 0 fully saturated rings. The quantitative estimate of drug-likeness (QED) is 0.619. The van der Waals surface area contributed by atoms with Gasteiger partial charge in [0.05, 0.1) is 19.6 Å². The first-order chi connectivity index (χ1) is 13.5. The zero-order chi connectivity index (χ0) is 20.4. The van der Waals surface area contributed by atoms with Gasteiger partial charge in [-0.15, -0.1) is 0 Å². The number of rotatable bonds is 10. The number of benzene rings is 2. The summed E-state index contributed by atoms with van der Waals surface area (Å²) in [6, 6.07) is 17.1. The van der Waals surface area contributed by atoms with Crippen molar-refractivity contribution in [1.82, 2.24) is 10.6 Å². The number of hydrogen-bond donors (Lipinski definition) is 2. The molecule has 2 N–H and O–H groups in total. The molecule has 1 atom stereocenters. The van der Waals surface area contributed by atoms with Crippen molar-refractivity contribution in [3.8, 4) is 5.75 Å². The lowest BCUT2D eigenvalue weighted by atomic mass is 10.0. The van der Waals surface area contributed by atoms with E-state index in [9.17, 15) is 9.59 Å². The summed E-state index contributed by atoms with van der Waals surface area (Å²) in [5.41, 5.74) is 2.02. The first kappa shape index (κ1) is 21.3. The highest BCUT2D eigenvalue weighted by atomic mass is 16.5. The van der Waals surface area contributed by atoms with Crippen LogP contribution in [0.3, 0.4) is 0 Å². The van der Waals surface area contributed by atoms with Crippen molar-refractivity contribution in [1.29, 1.82) is 0 Å². The van der Waals surface area contributed by atoms with Crippen molar-refractivity contribution in [2.24, 2.45) is 0 Å². The van der Waals surface area contributed by atoms with Crippen LogP contribution >= 0.6 is 0 Å². The molecule has 0 aromatic heterocycles. The van der Waals surface area contributed by atoms with Crippen LogP contribution in [-0.2, 0) is 9.59 Å². The van der Waals surface area contributed by atoms with E-state index in [0.29, 0.717) is 6.54 Å². The summed E-state index contributed by atoms with van der Waals surface area (Å²) in [7, 11) is 3.64. The summed E-state index contributed by atoms with van der Waals surface area (Å²) in [6.07, 6.45) is 1.03. The molecule has 2 amide bonds. The van der Waals surface area contributed by atoms with E-state index < -0.39 is 0 Å². The Labute approximate surface area is 166 Å². The summed E-state index contributed by atoms with van der Waals surface area (Å²) in [5.74, 6) is 0.479. The van der Waals surface area contributed by atoms with Gasteiger partial charge >= 0.3 is 0 Å². The Kier molecular flexibility index (Phi) is 8.34. The summed E-state index contributed by atoms with van der Waals surface area (Å²) in [5, 5.41) is 5.79. The fourth-order valence-corrected chi connectivity index (χ4v) is 2.95. The van der Waals surface area contributed by atoms with Crippen LogP contribution in [0.15, 0.2) is 54.6 Å². The lowest BCUT2D eigenvalue weighted by Crippen LogP contribution is -2.33. The molecule has 0 heterocycles. The Bertz CT molecular complexity index is 747. The first-order valence-electron chi connectivity index (χ1n) is 9.43. The van der Waals surface area contributed by atoms with Gasteiger partial charge in [0.1, 0.15) is 5.75 Å². The largest absolute Gasteiger partial charge is 0.497 e. The Morgan fingerprint density at radius 2 is 1.75 bits per heavy atom. The number of carbonyl (C=O) groups excluding carboxylic acids is 2. The van der Waals surface area contributed by atoms with E-state index in [1.807, 2.05) is 49.5 Å². The number of anilines is 1. The van der Waals surface area contributed by atoms with E-state index in [2.05, 4.69) is 27.7 Å². The van der Waals surface area contributed by atoms with E-state index in [0.717, 1.165) is 30.0 Å². The third-order valence-electron chi connectivity index (χ3n) is 4.47. The van der Waals surface area contributed by atoms with Gasteiger partial charge in [-0.05, 0) is 36.2 Å². The molecule has 0 saturated heterocycles. The van der Waals surface area contributed by atoms with Crippen LogP contribution in [0, 0.1) is 0 Å². The molecule has 2 aromatic carbocycles. The molecule has 0 aliphatic rings. The molecule has 0 bridgehead atoms. The number of carbonyl (C=O) groups is 2. The summed E-state index contributed by atoms with van der Waals surface area (Å²) in [4.78, 5) is 26.0. The van der Waals surface area contributed by atoms with Crippen LogP contribution in [0.5, 0.6) is 5.75 Å². The minimum Gasteiger partial charge on any atom is -0.497 e. The number of para-hydroxylation sites is 1. The Balaban J connectivity index is 1.81. The van der Waals surface area contributed by atoms with Crippen LogP contribution in [0.1, 0.15) is 31.4 Å². The number of amides is 2. The fourth-order valence-electron chi connectivity index (χ4n) is 2.95. The molecule has 0 aliphatic carbocycles. The van der Waals surface area contributed by atoms with Crippen molar-refractivity contribution >= 4 is 17.5 Å². The molecular weight excluding hydrogens is 354 g/mol. The van der Waals surface area contributed by atoms with Crippen molar-refractivity contribution < 1.29 is 14.3 Å². The summed E-state index contributed by atoms with van der Waals surface area (Å²) >= 11 is 0. The van der Waals surface area contributed by atoms with Crippen molar-refractivity contribution in [3.63, 3.8) is 0 Å². The van der Waals surface area contributed by atoms with E-state index in [-0.39, 0.29) is 24.3 Å². The molecule has 28 heavy (non-hydrogen) atoms. The maximum Gasteiger partial charge on any atom is 0.222 e. The minimum atomic E-state index is -0.365. The van der Waals surface area contributed by atoms with Gasteiger partial charge in [0, 0.05) is 32.7 Å². The third kappa shape index (κ3) is 6.95. The molecule has 150 valence electrons. The normalized spacial score (nSPS) is 11.4. The highest BCUT2D eigenvalue weighted by molar-refractivity contribution is 5.79. The van der Waals surface area contributed by atoms with Gasteiger partial charge in [-0.1, -0.05) is 30.3 Å². The monoisotopic (exact) mass is 383 g/mol. The van der Waals surface area contributed by atoms with E-state index in [1.54, 1.807) is 7.11 Å². The molecule has 0 aliphatic heterocycles. The maximum absolute atomic E-state index is 12.3. The van der Waals surface area contributed by atoms with E-state index in [1.165, 1.54) is 6.92 Å². The zero-order valence-electron chi connectivity index (χ0n) is 16.8. The van der Waals surface area contributed by atoms with E-state index >= 15 is 0 Å². The van der Waals surface area contributed by atoms with Gasteiger partial charge in [-0.3, -0.25) is 9.59 Å². The molecule has 2 aromatic rings. The lowest BCUT2D eigenvalue weighted by molar-refractivity contribution is -0.122. The predicted molar refractivity (Wildman–Crippen MR) is 112 cm³/mol. The van der Waals surface area contributed by atoms with Crippen molar-refractivity contribution in [2.75, 3.05) is 32.1 Å². The van der Waals surface area contributed by atoms with Crippen molar-refractivity contribution in [2.45, 2.75) is 25.8 Å². The molecule has 0 radical (unpaired) electrons. The molecule has 2 rings (SSSR count). The molecule has 6 nitrogen and oxygen atoms in total. The van der Waals surface area contributed by atoms with Gasteiger partial charge in [0.15, 0.2) is 0 Å². The van der Waals surface area contributed by atoms with Crippen LogP contribution in [0.4, 0.5) is 5.69 Å². The Morgan fingerprint density at radius 3 is 2.36 bits per heavy atom. The fraction of sp³-hybridized carbons (Fsp3) is 0.364. The smallest absolute Gasteiger partial charge is 0.222 e. The lowest BCUT2D eigenvalue weighted by Gasteiger charge is -2.20. The van der Waals surface area contributed by atoms with E-state index in [4.69, 9.17) is 4.74 Å². The third-order valence-corrected chi connectivity index (χ3v) is 4.47. The topological polar surface area (TPSA) is 70.7 Å². The molecule has 1 unspecified atom stereocenters. The van der Waals surface area contributed by atoms with Gasteiger partial charge in [-0.2, -0.15) is 0 Å². The summed E-state index contributed by atoms with van der Waals surface area (Å²) in [6.45, 7) is 2.89. The first-order valence-corrected chi connectivity index (χ1v) is 9.43. The SMILES string of the molecule is COc1ccc(C(CC(=O)NCCCN(C)c2ccccc2)NC(C)=O)cc1. The average Bonchev–Trinajstić information content (AvgIpc) is 2.71. The van der Waals surface area contributed by atoms with Crippen LogP contribution in [0.2, 0.25) is 0 Å². The van der Waals surface area contributed by atoms with Gasteiger partial charge in [0.25, 0.3) is 0 Å². The number of nitrogens with zero attached hydrogens (tertiary/aromatic N) is 1. The Morgan fingerprint density at radius 1 is 1.07 bits per heavy atom. The molecule has 6 heteroatoms. The maximum atomic E-state index is 12.3. The second-order valence-electron chi connectivity index (χ2n) is 6.69. The Hall–Kier alpha value is -3.02. The predicted octanol–water partition coefficient (Wildman–Crippen LogP) is 2.91. The standard InChI is InChI=1S/C22H29N3O3/c1-17(26)24-21(18-10-12-20(28-3)13-11-18)16-22(27)23-14-7-15-25(2)19-8-5-4-6-9-19/h4-6,8-13,21H,7,14-16H2,1-3H3,(H,23,27)(H,24,26). The highest BCUT2D eigenvalue weighted by Gasteiger charge is 2.17. The van der Waals surface area contributed by atoms with Crippen LogP contribution in [0.25, 0.3) is 0 Å². The second-order valence-corrected chi connectivity index (χ2v) is 6.69. The van der Waals surface area contributed by atoms with Gasteiger partial charge in [-0.25, -0.2) is 0 Å². The van der Waals surface area contributed by atoms with Gasteiger partial charge < -0.3 is 20.3 Å². The summed E-state index contributed by atoms with van der Waals surface area (Å²) < 4.78 is 5.16. The highest BCUT2D eigenvalue weighted by Crippen LogP contribution is 2.20. The molecule has 0 saturated carbocycles. The number of hydrogen-bond acceptors (Lipinski definition) is 4. The number of methoxy groups -OCH3 is 1. The average molecular weight is 383 g/mol. The van der Waals surface area contributed by atoms with Crippen molar-refractivity contribution in [3.05, 3.63) is 60.2 Å².